The number of halogens is 2. The molecule has 0 aromatic heterocycles. The minimum Gasteiger partial charge on any atom is -0.285 e. The SMILES string of the molecule is O=S(=O)(c1ccc(Cl)cc1)N1CCC(c2ccccc2)N1c1ccc(Cl)cc1. The maximum atomic E-state index is 13.4. The summed E-state index contributed by atoms with van der Waals surface area (Å²) in [7, 11) is -3.74. The fourth-order valence-electron chi connectivity index (χ4n) is 3.47. The van der Waals surface area contributed by atoms with Crippen molar-refractivity contribution in [1.82, 2.24) is 4.41 Å². The Labute approximate surface area is 174 Å². The molecule has 1 saturated heterocycles. The van der Waals surface area contributed by atoms with Crippen molar-refractivity contribution in [2.45, 2.75) is 17.4 Å². The molecule has 1 heterocycles. The molecule has 0 spiro atoms. The molecule has 28 heavy (non-hydrogen) atoms. The molecule has 1 aliphatic rings. The summed E-state index contributed by atoms with van der Waals surface area (Å²) in [5, 5.41) is 2.94. The van der Waals surface area contributed by atoms with Crippen LogP contribution >= 0.6 is 23.2 Å². The van der Waals surface area contributed by atoms with Crippen LogP contribution in [0.25, 0.3) is 0 Å². The highest BCUT2D eigenvalue weighted by Gasteiger charge is 2.40. The lowest BCUT2D eigenvalue weighted by molar-refractivity contribution is 0.440. The Morgan fingerprint density at radius 1 is 0.786 bits per heavy atom. The van der Waals surface area contributed by atoms with E-state index in [2.05, 4.69) is 0 Å². The van der Waals surface area contributed by atoms with Crippen molar-refractivity contribution in [3.63, 3.8) is 0 Å². The van der Waals surface area contributed by atoms with E-state index in [1.165, 1.54) is 16.5 Å². The van der Waals surface area contributed by atoms with E-state index in [1.54, 1.807) is 24.3 Å². The second-order valence-electron chi connectivity index (χ2n) is 6.54. The highest BCUT2D eigenvalue weighted by molar-refractivity contribution is 7.89. The topological polar surface area (TPSA) is 40.6 Å². The summed E-state index contributed by atoms with van der Waals surface area (Å²) in [6.07, 6.45) is 0.680. The van der Waals surface area contributed by atoms with Gasteiger partial charge in [-0.1, -0.05) is 53.5 Å². The average Bonchev–Trinajstić information content (AvgIpc) is 3.15. The zero-order chi connectivity index (χ0) is 19.7. The Morgan fingerprint density at radius 3 is 1.96 bits per heavy atom. The van der Waals surface area contributed by atoms with Crippen LogP contribution in [0.1, 0.15) is 18.0 Å². The third kappa shape index (κ3) is 3.63. The molecule has 1 fully saturated rings. The Bertz CT molecular complexity index is 1060. The highest BCUT2D eigenvalue weighted by atomic mass is 35.5. The maximum Gasteiger partial charge on any atom is 0.260 e. The van der Waals surface area contributed by atoms with Crippen molar-refractivity contribution >= 4 is 38.9 Å². The molecule has 4 rings (SSSR count). The predicted octanol–water partition coefficient (Wildman–Crippen LogP) is 5.55. The van der Waals surface area contributed by atoms with Gasteiger partial charge in [-0.25, -0.2) is 8.42 Å². The van der Waals surface area contributed by atoms with Crippen LogP contribution in [-0.4, -0.2) is 19.4 Å². The highest BCUT2D eigenvalue weighted by Crippen LogP contribution is 2.39. The molecule has 4 nitrogen and oxygen atoms in total. The number of nitrogens with zero attached hydrogens (tertiary/aromatic N) is 2. The summed E-state index contributed by atoms with van der Waals surface area (Å²) in [5.41, 5.74) is 1.83. The molecule has 1 atom stereocenters. The number of hydrogen-bond donors (Lipinski definition) is 0. The van der Waals surface area contributed by atoms with Crippen molar-refractivity contribution in [3.05, 3.63) is 94.5 Å². The van der Waals surface area contributed by atoms with Crippen LogP contribution in [0.4, 0.5) is 5.69 Å². The van der Waals surface area contributed by atoms with Crippen LogP contribution in [0.5, 0.6) is 0 Å². The van der Waals surface area contributed by atoms with Crippen LogP contribution < -0.4 is 5.01 Å². The van der Waals surface area contributed by atoms with Crippen LogP contribution in [-0.2, 0) is 10.0 Å². The Hall–Kier alpha value is -2.05. The van der Waals surface area contributed by atoms with Gasteiger partial charge in [-0.05, 0) is 60.5 Å². The van der Waals surface area contributed by atoms with Gasteiger partial charge < -0.3 is 0 Å². The average molecular weight is 433 g/mol. The fourth-order valence-corrected chi connectivity index (χ4v) is 5.23. The zero-order valence-electron chi connectivity index (χ0n) is 14.9. The second-order valence-corrected chi connectivity index (χ2v) is 9.26. The molecular weight excluding hydrogens is 415 g/mol. The Balaban J connectivity index is 1.79. The number of anilines is 1. The first-order valence-electron chi connectivity index (χ1n) is 8.85. The van der Waals surface area contributed by atoms with Crippen molar-refractivity contribution in [2.24, 2.45) is 0 Å². The van der Waals surface area contributed by atoms with E-state index < -0.39 is 10.0 Å². The molecule has 1 unspecified atom stereocenters. The summed E-state index contributed by atoms with van der Waals surface area (Å²) in [4.78, 5) is 0.213. The number of hydrogen-bond acceptors (Lipinski definition) is 3. The molecule has 1 aliphatic heterocycles. The molecule has 0 saturated carbocycles. The van der Waals surface area contributed by atoms with E-state index >= 15 is 0 Å². The normalized spacial score (nSPS) is 17.8. The minimum atomic E-state index is -3.74. The van der Waals surface area contributed by atoms with Gasteiger partial charge in [0.1, 0.15) is 0 Å². The molecule has 3 aromatic rings. The van der Waals surface area contributed by atoms with Gasteiger partial charge in [-0.3, -0.25) is 5.01 Å². The van der Waals surface area contributed by atoms with Gasteiger partial charge in [-0.2, -0.15) is 0 Å². The van der Waals surface area contributed by atoms with E-state index in [0.29, 0.717) is 23.0 Å². The standard InChI is InChI=1S/C21H18Cl2N2O2S/c22-17-6-10-19(11-7-17)25-21(16-4-2-1-3-5-16)14-15-24(25)28(26,27)20-12-8-18(23)9-13-20/h1-13,21H,14-15H2. The Morgan fingerprint density at radius 2 is 1.36 bits per heavy atom. The number of benzene rings is 3. The lowest BCUT2D eigenvalue weighted by Gasteiger charge is -2.33. The zero-order valence-corrected chi connectivity index (χ0v) is 17.2. The van der Waals surface area contributed by atoms with E-state index in [0.717, 1.165) is 11.3 Å². The first-order valence-corrected chi connectivity index (χ1v) is 11.0. The molecule has 7 heteroatoms. The summed E-state index contributed by atoms with van der Waals surface area (Å²) in [5.74, 6) is 0. The molecule has 0 amide bonds. The van der Waals surface area contributed by atoms with Gasteiger partial charge in [0, 0.05) is 16.6 Å². The van der Waals surface area contributed by atoms with E-state index in [4.69, 9.17) is 23.2 Å². The summed E-state index contributed by atoms with van der Waals surface area (Å²) < 4.78 is 28.2. The lowest BCUT2D eigenvalue weighted by Crippen LogP contribution is -2.42. The van der Waals surface area contributed by atoms with Crippen LogP contribution in [0.3, 0.4) is 0 Å². The van der Waals surface area contributed by atoms with Crippen molar-refractivity contribution in [3.8, 4) is 0 Å². The molecule has 3 aromatic carbocycles. The second kappa shape index (κ2) is 7.76. The van der Waals surface area contributed by atoms with Crippen molar-refractivity contribution in [1.29, 1.82) is 0 Å². The monoisotopic (exact) mass is 432 g/mol. The minimum absolute atomic E-state index is 0.0931. The van der Waals surface area contributed by atoms with Gasteiger partial charge >= 0.3 is 0 Å². The van der Waals surface area contributed by atoms with Crippen molar-refractivity contribution < 1.29 is 8.42 Å². The quantitative estimate of drug-likeness (QED) is 0.542. The van der Waals surface area contributed by atoms with E-state index in [-0.39, 0.29) is 10.9 Å². The first kappa shape index (κ1) is 19.3. The summed E-state index contributed by atoms with van der Waals surface area (Å²) >= 11 is 12.0. The molecular formula is C21H18Cl2N2O2S. The van der Waals surface area contributed by atoms with Gasteiger partial charge in [0.2, 0.25) is 0 Å². The van der Waals surface area contributed by atoms with Gasteiger partial charge in [0.05, 0.1) is 16.6 Å². The lowest BCUT2D eigenvalue weighted by atomic mass is 10.0. The molecule has 0 aliphatic carbocycles. The Kier molecular flexibility index (Phi) is 5.34. The number of rotatable bonds is 4. The molecule has 0 radical (unpaired) electrons. The third-order valence-corrected chi connectivity index (χ3v) is 7.08. The fraction of sp³-hybridized carbons (Fsp3) is 0.143. The van der Waals surface area contributed by atoms with Gasteiger partial charge in [0.15, 0.2) is 0 Å². The maximum absolute atomic E-state index is 13.4. The summed E-state index contributed by atoms with van der Waals surface area (Å²) in [6.45, 7) is 0.382. The molecule has 144 valence electrons. The van der Waals surface area contributed by atoms with Gasteiger partial charge in [0.25, 0.3) is 10.0 Å². The van der Waals surface area contributed by atoms with Crippen LogP contribution in [0.15, 0.2) is 83.8 Å². The summed E-state index contributed by atoms with van der Waals surface area (Å²) in [6, 6.07) is 23.3. The number of hydrazine groups is 1. The van der Waals surface area contributed by atoms with Crippen LogP contribution in [0.2, 0.25) is 10.0 Å². The predicted molar refractivity (Wildman–Crippen MR) is 113 cm³/mol. The smallest absolute Gasteiger partial charge is 0.260 e. The largest absolute Gasteiger partial charge is 0.285 e. The molecule has 0 N–H and O–H groups in total. The van der Waals surface area contributed by atoms with Gasteiger partial charge in [-0.15, -0.1) is 4.41 Å². The first-order chi connectivity index (χ1) is 13.5. The van der Waals surface area contributed by atoms with Crippen molar-refractivity contribution in [2.75, 3.05) is 11.6 Å². The third-order valence-electron chi connectivity index (χ3n) is 4.79. The number of sulfonamides is 1. The van der Waals surface area contributed by atoms with E-state index in [1.807, 2.05) is 47.5 Å². The van der Waals surface area contributed by atoms with E-state index in [9.17, 15) is 8.42 Å². The van der Waals surface area contributed by atoms with Crippen LogP contribution in [0, 0.1) is 0 Å². The molecule has 0 bridgehead atoms.